The number of methoxy groups -OCH3 is 1. The van der Waals surface area contributed by atoms with E-state index in [0.29, 0.717) is 23.7 Å². The molecule has 0 saturated carbocycles. The average molecular weight is 419 g/mol. The molecular formula is C24H25N3O4. The quantitative estimate of drug-likeness (QED) is 0.510. The maximum Gasteiger partial charge on any atom is 0.340 e. The van der Waals surface area contributed by atoms with Crippen LogP contribution in [0.5, 0.6) is 0 Å². The van der Waals surface area contributed by atoms with E-state index in [1.807, 2.05) is 18.2 Å². The molecule has 1 aromatic carbocycles. The number of fused-ring (bicyclic) bond motifs is 5. The van der Waals surface area contributed by atoms with Crippen LogP contribution in [0.3, 0.4) is 0 Å². The SMILES string of the molecule is CCc1c2c(nc3ccc(NC(C)C)cc13)-c1cc3c(c(=O)n1C2)COC(=O)C3OC. The van der Waals surface area contributed by atoms with Gasteiger partial charge in [-0.25, -0.2) is 9.78 Å². The molecule has 0 fully saturated rings. The molecule has 7 heteroatoms. The maximum absolute atomic E-state index is 13.3. The Hall–Kier alpha value is -3.19. The van der Waals surface area contributed by atoms with Crippen LogP contribution in [0, 0.1) is 0 Å². The number of anilines is 1. The van der Waals surface area contributed by atoms with Gasteiger partial charge in [-0.05, 0) is 50.1 Å². The van der Waals surface area contributed by atoms with Gasteiger partial charge in [0, 0.05) is 35.4 Å². The molecule has 2 aliphatic heterocycles. The van der Waals surface area contributed by atoms with Crippen LogP contribution in [0.1, 0.15) is 49.1 Å². The second-order valence-electron chi connectivity index (χ2n) is 8.38. The summed E-state index contributed by atoms with van der Waals surface area (Å²) in [4.78, 5) is 30.4. The summed E-state index contributed by atoms with van der Waals surface area (Å²) in [5.41, 5.74) is 6.68. The summed E-state index contributed by atoms with van der Waals surface area (Å²) in [6, 6.07) is 8.41. The van der Waals surface area contributed by atoms with Crippen molar-refractivity contribution in [2.75, 3.05) is 12.4 Å². The number of ether oxygens (including phenoxy) is 2. The number of rotatable bonds is 4. The first-order valence-corrected chi connectivity index (χ1v) is 10.6. The van der Waals surface area contributed by atoms with Gasteiger partial charge in [0.2, 0.25) is 0 Å². The minimum atomic E-state index is -0.887. The summed E-state index contributed by atoms with van der Waals surface area (Å²) in [7, 11) is 1.45. The first-order chi connectivity index (χ1) is 14.9. The molecule has 31 heavy (non-hydrogen) atoms. The number of aromatic nitrogens is 2. The van der Waals surface area contributed by atoms with Crippen LogP contribution in [0.15, 0.2) is 29.1 Å². The lowest BCUT2D eigenvalue weighted by molar-refractivity contribution is -0.159. The number of carbonyl (C=O) groups excluding carboxylic acids is 1. The van der Waals surface area contributed by atoms with Gasteiger partial charge in [-0.2, -0.15) is 0 Å². The second-order valence-corrected chi connectivity index (χ2v) is 8.38. The molecule has 0 radical (unpaired) electrons. The molecule has 4 heterocycles. The van der Waals surface area contributed by atoms with Crippen molar-refractivity contribution in [2.24, 2.45) is 0 Å². The third-order valence-electron chi connectivity index (χ3n) is 6.10. The minimum absolute atomic E-state index is 0.0241. The highest BCUT2D eigenvalue weighted by molar-refractivity contribution is 5.90. The van der Waals surface area contributed by atoms with E-state index >= 15 is 0 Å². The Balaban J connectivity index is 1.73. The van der Waals surface area contributed by atoms with Gasteiger partial charge in [0.05, 0.1) is 29.0 Å². The minimum Gasteiger partial charge on any atom is -0.458 e. The molecule has 0 aliphatic carbocycles. The zero-order valence-electron chi connectivity index (χ0n) is 18.1. The Morgan fingerprint density at radius 2 is 2.06 bits per heavy atom. The van der Waals surface area contributed by atoms with E-state index in [9.17, 15) is 9.59 Å². The number of hydrogen-bond acceptors (Lipinski definition) is 6. The van der Waals surface area contributed by atoms with Gasteiger partial charge in [-0.15, -0.1) is 0 Å². The second kappa shape index (κ2) is 7.20. The fraction of sp³-hybridized carbons (Fsp3) is 0.375. The molecule has 2 aliphatic rings. The summed E-state index contributed by atoms with van der Waals surface area (Å²) in [6.07, 6.45) is -0.0563. The Labute approximate surface area is 180 Å². The summed E-state index contributed by atoms with van der Waals surface area (Å²) in [5.74, 6) is -0.469. The van der Waals surface area contributed by atoms with Gasteiger partial charge in [0.1, 0.15) is 6.61 Å². The van der Waals surface area contributed by atoms with Crippen molar-refractivity contribution < 1.29 is 14.3 Å². The molecule has 1 atom stereocenters. The summed E-state index contributed by atoms with van der Waals surface area (Å²) in [5, 5.41) is 4.55. The third kappa shape index (κ3) is 2.95. The molecule has 1 unspecified atom stereocenters. The summed E-state index contributed by atoms with van der Waals surface area (Å²) in [6.45, 7) is 6.79. The molecule has 160 valence electrons. The highest BCUT2D eigenvalue weighted by Gasteiger charge is 2.35. The lowest BCUT2D eigenvalue weighted by Gasteiger charge is -2.24. The lowest BCUT2D eigenvalue weighted by Crippen LogP contribution is -2.33. The van der Waals surface area contributed by atoms with E-state index in [1.165, 1.54) is 12.7 Å². The summed E-state index contributed by atoms with van der Waals surface area (Å²) >= 11 is 0. The van der Waals surface area contributed by atoms with Crippen LogP contribution in [0.4, 0.5) is 5.69 Å². The number of benzene rings is 1. The zero-order valence-corrected chi connectivity index (χ0v) is 18.1. The van der Waals surface area contributed by atoms with E-state index in [4.69, 9.17) is 14.5 Å². The Morgan fingerprint density at radius 3 is 2.77 bits per heavy atom. The predicted molar refractivity (Wildman–Crippen MR) is 118 cm³/mol. The highest BCUT2D eigenvalue weighted by atomic mass is 16.6. The number of esters is 1. The molecule has 5 rings (SSSR count). The van der Waals surface area contributed by atoms with E-state index in [2.05, 4.69) is 32.2 Å². The van der Waals surface area contributed by atoms with Crippen LogP contribution < -0.4 is 10.9 Å². The molecule has 0 amide bonds. The van der Waals surface area contributed by atoms with Crippen molar-refractivity contribution in [3.8, 4) is 11.4 Å². The van der Waals surface area contributed by atoms with E-state index in [1.54, 1.807) is 4.57 Å². The molecule has 1 N–H and O–H groups in total. The van der Waals surface area contributed by atoms with E-state index < -0.39 is 12.1 Å². The molecule has 0 spiro atoms. The lowest BCUT2D eigenvalue weighted by atomic mass is 9.97. The van der Waals surface area contributed by atoms with Crippen molar-refractivity contribution in [3.05, 3.63) is 56.9 Å². The van der Waals surface area contributed by atoms with Crippen LogP contribution in [0.25, 0.3) is 22.3 Å². The molecular weight excluding hydrogens is 394 g/mol. The average Bonchev–Trinajstić information content (AvgIpc) is 3.10. The van der Waals surface area contributed by atoms with Gasteiger partial charge in [0.15, 0.2) is 6.10 Å². The number of nitrogens with one attached hydrogen (secondary N) is 1. The van der Waals surface area contributed by atoms with Crippen LogP contribution in [-0.2, 0) is 33.8 Å². The number of aryl methyl sites for hydroxylation is 1. The Kier molecular flexibility index (Phi) is 4.59. The van der Waals surface area contributed by atoms with Gasteiger partial charge < -0.3 is 19.4 Å². The number of nitrogens with zero attached hydrogens (tertiary/aromatic N) is 2. The smallest absolute Gasteiger partial charge is 0.340 e. The van der Waals surface area contributed by atoms with Gasteiger partial charge in [-0.3, -0.25) is 4.79 Å². The summed E-state index contributed by atoms with van der Waals surface area (Å²) < 4.78 is 12.3. The normalized spacial score (nSPS) is 16.8. The fourth-order valence-electron chi connectivity index (χ4n) is 4.75. The number of hydrogen-bond donors (Lipinski definition) is 1. The van der Waals surface area contributed by atoms with E-state index in [0.717, 1.165) is 40.0 Å². The monoisotopic (exact) mass is 419 g/mol. The molecule has 0 saturated heterocycles. The number of carbonyl (C=O) groups is 1. The maximum atomic E-state index is 13.3. The number of pyridine rings is 2. The van der Waals surface area contributed by atoms with Crippen molar-refractivity contribution in [3.63, 3.8) is 0 Å². The van der Waals surface area contributed by atoms with Crippen molar-refractivity contribution in [1.82, 2.24) is 9.55 Å². The predicted octanol–water partition coefficient (Wildman–Crippen LogP) is 3.55. The van der Waals surface area contributed by atoms with Crippen molar-refractivity contribution in [2.45, 2.75) is 52.5 Å². The van der Waals surface area contributed by atoms with Crippen LogP contribution in [-0.4, -0.2) is 28.7 Å². The number of cyclic esters (lactones) is 1. The largest absolute Gasteiger partial charge is 0.458 e. The third-order valence-corrected chi connectivity index (χ3v) is 6.10. The molecule has 0 bridgehead atoms. The van der Waals surface area contributed by atoms with Gasteiger partial charge in [-0.1, -0.05) is 6.92 Å². The first-order valence-electron chi connectivity index (χ1n) is 10.6. The fourth-order valence-corrected chi connectivity index (χ4v) is 4.75. The molecule has 3 aromatic rings. The van der Waals surface area contributed by atoms with Crippen molar-refractivity contribution in [1.29, 1.82) is 0 Å². The van der Waals surface area contributed by atoms with Gasteiger partial charge in [0.25, 0.3) is 5.56 Å². The topological polar surface area (TPSA) is 82.5 Å². The standard InChI is InChI=1S/C24H25N3O4/c1-5-14-15-8-13(25-12(2)3)6-7-19(15)26-21-17(14)10-27-20(21)9-16-18(23(27)28)11-31-24(29)22(16)30-4/h6-9,12,22,25H,5,10-11H2,1-4H3. The highest BCUT2D eigenvalue weighted by Crippen LogP contribution is 2.39. The van der Waals surface area contributed by atoms with Crippen LogP contribution in [0.2, 0.25) is 0 Å². The first kappa shape index (κ1) is 19.8. The van der Waals surface area contributed by atoms with E-state index in [-0.39, 0.29) is 12.2 Å². The molecule has 2 aromatic heterocycles. The van der Waals surface area contributed by atoms with Gasteiger partial charge >= 0.3 is 5.97 Å². The van der Waals surface area contributed by atoms with Crippen LogP contribution >= 0.6 is 0 Å². The molecule has 7 nitrogen and oxygen atoms in total. The Morgan fingerprint density at radius 1 is 1.26 bits per heavy atom. The Bertz CT molecular complexity index is 1290. The zero-order chi connectivity index (χ0) is 21.9. The van der Waals surface area contributed by atoms with Crippen molar-refractivity contribution >= 4 is 22.6 Å².